The van der Waals surface area contributed by atoms with E-state index in [2.05, 4.69) is 20.9 Å². The average Bonchev–Trinajstić information content (AvgIpc) is 2.82. The number of benzene rings is 1. The van der Waals surface area contributed by atoms with Crippen molar-refractivity contribution in [3.05, 3.63) is 36.7 Å². The van der Waals surface area contributed by atoms with Crippen molar-refractivity contribution in [2.24, 2.45) is 0 Å². The van der Waals surface area contributed by atoms with Gasteiger partial charge in [0.1, 0.15) is 0 Å². The lowest BCUT2D eigenvalue weighted by molar-refractivity contribution is 0.251. The van der Waals surface area contributed by atoms with Crippen LogP contribution in [0, 0.1) is 0 Å². The standard InChI is InChI=1S/C11H14N6O/c12-9-2-1-3-10(8-9)15-11(18)13-4-6-17-7-5-14-16-17/h1-3,5,7-8H,4,6,12H2,(H2,13,15,18). The smallest absolute Gasteiger partial charge is 0.319 e. The second-order valence-corrected chi connectivity index (χ2v) is 3.67. The van der Waals surface area contributed by atoms with Gasteiger partial charge in [0, 0.05) is 24.1 Å². The molecule has 0 fully saturated rings. The fourth-order valence-corrected chi connectivity index (χ4v) is 1.43. The van der Waals surface area contributed by atoms with Gasteiger partial charge >= 0.3 is 6.03 Å². The van der Waals surface area contributed by atoms with Gasteiger partial charge in [0.15, 0.2) is 0 Å². The molecule has 7 heteroatoms. The molecule has 0 radical (unpaired) electrons. The number of aromatic nitrogens is 3. The van der Waals surface area contributed by atoms with Crippen LogP contribution in [0.3, 0.4) is 0 Å². The highest BCUT2D eigenvalue weighted by atomic mass is 16.2. The number of nitrogens with one attached hydrogen (secondary N) is 2. The number of nitrogens with two attached hydrogens (primary N) is 1. The van der Waals surface area contributed by atoms with Crippen LogP contribution in [0.2, 0.25) is 0 Å². The highest BCUT2D eigenvalue weighted by Gasteiger charge is 2.01. The van der Waals surface area contributed by atoms with E-state index in [1.807, 2.05) is 0 Å². The lowest BCUT2D eigenvalue weighted by atomic mass is 10.3. The molecule has 0 aliphatic rings. The maximum Gasteiger partial charge on any atom is 0.319 e. The summed E-state index contributed by atoms with van der Waals surface area (Å²) in [7, 11) is 0. The first-order valence-electron chi connectivity index (χ1n) is 5.48. The van der Waals surface area contributed by atoms with Gasteiger partial charge in [0.25, 0.3) is 0 Å². The van der Waals surface area contributed by atoms with Crippen molar-refractivity contribution in [2.75, 3.05) is 17.6 Å². The molecule has 7 nitrogen and oxygen atoms in total. The summed E-state index contributed by atoms with van der Waals surface area (Å²) in [6.45, 7) is 1.04. The maximum atomic E-state index is 11.5. The predicted molar refractivity (Wildman–Crippen MR) is 67.9 cm³/mol. The summed E-state index contributed by atoms with van der Waals surface area (Å²) in [5.74, 6) is 0. The van der Waals surface area contributed by atoms with E-state index in [1.165, 1.54) is 0 Å². The van der Waals surface area contributed by atoms with Crippen LogP contribution in [0.1, 0.15) is 0 Å². The van der Waals surface area contributed by atoms with Gasteiger partial charge in [-0.25, -0.2) is 4.79 Å². The Morgan fingerprint density at radius 1 is 1.44 bits per heavy atom. The molecule has 0 saturated carbocycles. The van der Waals surface area contributed by atoms with Gasteiger partial charge in [-0.1, -0.05) is 11.3 Å². The van der Waals surface area contributed by atoms with Crippen LogP contribution in [0.15, 0.2) is 36.7 Å². The van der Waals surface area contributed by atoms with Crippen molar-refractivity contribution < 1.29 is 4.79 Å². The van der Waals surface area contributed by atoms with Crippen LogP contribution in [0.25, 0.3) is 0 Å². The van der Waals surface area contributed by atoms with Crippen LogP contribution < -0.4 is 16.4 Å². The Labute approximate surface area is 104 Å². The number of urea groups is 1. The Hall–Kier alpha value is -2.57. The number of anilines is 2. The number of carbonyl (C=O) groups excluding carboxylic acids is 1. The predicted octanol–water partition coefficient (Wildman–Crippen LogP) is 0.682. The van der Waals surface area contributed by atoms with Gasteiger partial charge in [-0.3, -0.25) is 4.68 Å². The lowest BCUT2D eigenvalue weighted by Crippen LogP contribution is -2.31. The largest absolute Gasteiger partial charge is 0.399 e. The maximum absolute atomic E-state index is 11.5. The van der Waals surface area contributed by atoms with E-state index >= 15 is 0 Å². The van der Waals surface area contributed by atoms with E-state index in [-0.39, 0.29) is 6.03 Å². The van der Waals surface area contributed by atoms with Crippen LogP contribution >= 0.6 is 0 Å². The molecule has 94 valence electrons. The minimum atomic E-state index is -0.277. The van der Waals surface area contributed by atoms with Gasteiger partial charge in [-0.2, -0.15) is 0 Å². The molecular weight excluding hydrogens is 232 g/mol. The van der Waals surface area contributed by atoms with Crippen molar-refractivity contribution in [3.8, 4) is 0 Å². The summed E-state index contributed by atoms with van der Waals surface area (Å²) in [5.41, 5.74) is 6.88. The summed E-state index contributed by atoms with van der Waals surface area (Å²) >= 11 is 0. The number of hydrogen-bond acceptors (Lipinski definition) is 4. The van der Waals surface area contributed by atoms with Crippen molar-refractivity contribution >= 4 is 17.4 Å². The second-order valence-electron chi connectivity index (χ2n) is 3.67. The van der Waals surface area contributed by atoms with Crippen LogP contribution in [0.4, 0.5) is 16.2 Å². The summed E-state index contributed by atoms with van der Waals surface area (Å²) in [4.78, 5) is 11.5. The molecule has 1 heterocycles. The molecule has 0 spiro atoms. The van der Waals surface area contributed by atoms with Gasteiger partial charge in [-0.15, -0.1) is 5.10 Å². The number of nitrogens with zero attached hydrogens (tertiary/aromatic N) is 3. The van der Waals surface area contributed by atoms with Gasteiger partial charge in [0.05, 0.1) is 12.7 Å². The number of carbonyl (C=O) groups is 1. The van der Waals surface area contributed by atoms with Gasteiger partial charge in [0.2, 0.25) is 0 Å². The zero-order chi connectivity index (χ0) is 12.8. The molecule has 2 aromatic rings. The van der Waals surface area contributed by atoms with E-state index in [1.54, 1.807) is 41.3 Å². The van der Waals surface area contributed by atoms with Gasteiger partial charge in [-0.05, 0) is 18.2 Å². The molecule has 0 saturated heterocycles. The molecule has 2 amide bonds. The Balaban J connectivity index is 1.75. The van der Waals surface area contributed by atoms with E-state index in [4.69, 9.17) is 5.73 Å². The summed E-state index contributed by atoms with van der Waals surface area (Å²) < 4.78 is 1.64. The number of amides is 2. The average molecular weight is 246 g/mol. The first-order valence-corrected chi connectivity index (χ1v) is 5.48. The molecule has 0 aliphatic heterocycles. The van der Waals surface area contributed by atoms with E-state index in [9.17, 15) is 4.79 Å². The molecule has 0 atom stereocenters. The third kappa shape index (κ3) is 3.48. The fraction of sp³-hybridized carbons (Fsp3) is 0.182. The van der Waals surface area contributed by atoms with E-state index in [0.29, 0.717) is 24.5 Å². The monoisotopic (exact) mass is 246 g/mol. The van der Waals surface area contributed by atoms with Crippen molar-refractivity contribution in [1.82, 2.24) is 20.3 Å². The first kappa shape index (κ1) is 11.9. The summed E-state index contributed by atoms with van der Waals surface area (Å²) in [5, 5.41) is 12.9. The van der Waals surface area contributed by atoms with Crippen molar-refractivity contribution in [1.29, 1.82) is 0 Å². The zero-order valence-corrected chi connectivity index (χ0v) is 9.71. The number of rotatable bonds is 4. The highest BCUT2D eigenvalue weighted by molar-refractivity contribution is 5.89. The van der Waals surface area contributed by atoms with Gasteiger partial charge < -0.3 is 16.4 Å². The van der Waals surface area contributed by atoms with Crippen molar-refractivity contribution in [3.63, 3.8) is 0 Å². The SMILES string of the molecule is Nc1cccc(NC(=O)NCCn2ccnn2)c1. The normalized spacial score (nSPS) is 10.0. The molecule has 18 heavy (non-hydrogen) atoms. The fourth-order valence-electron chi connectivity index (χ4n) is 1.43. The minimum Gasteiger partial charge on any atom is -0.399 e. The van der Waals surface area contributed by atoms with Crippen LogP contribution in [0.5, 0.6) is 0 Å². The zero-order valence-electron chi connectivity index (χ0n) is 9.71. The molecule has 0 bridgehead atoms. The van der Waals surface area contributed by atoms with E-state index in [0.717, 1.165) is 0 Å². The van der Waals surface area contributed by atoms with Crippen molar-refractivity contribution in [2.45, 2.75) is 6.54 Å². The van der Waals surface area contributed by atoms with Crippen LogP contribution in [-0.2, 0) is 6.54 Å². The first-order chi connectivity index (χ1) is 8.74. The Kier molecular flexibility index (Phi) is 3.75. The molecule has 4 N–H and O–H groups in total. The van der Waals surface area contributed by atoms with Crippen LogP contribution in [-0.4, -0.2) is 27.6 Å². The third-order valence-corrected chi connectivity index (χ3v) is 2.24. The summed E-state index contributed by atoms with van der Waals surface area (Å²) in [6.07, 6.45) is 3.32. The molecule has 2 rings (SSSR count). The Morgan fingerprint density at radius 3 is 3.06 bits per heavy atom. The second kappa shape index (κ2) is 5.67. The number of hydrogen-bond donors (Lipinski definition) is 3. The summed E-state index contributed by atoms with van der Waals surface area (Å²) in [6, 6.07) is 6.72. The molecule has 1 aromatic heterocycles. The Morgan fingerprint density at radius 2 is 2.33 bits per heavy atom. The topological polar surface area (TPSA) is 97.9 Å². The highest BCUT2D eigenvalue weighted by Crippen LogP contribution is 2.11. The Bertz CT molecular complexity index is 510. The quantitative estimate of drug-likeness (QED) is 0.691. The molecule has 0 unspecified atom stereocenters. The molecular formula is C11H14N6O. The lowest BCUT2D eigenvalue weighted by Gasteiger charge is -2.07. The van der Waals surface area contributed by atoms with E-state index < -0.39 is 0 Å². The third-order valence-electron chi connectivity index (χ3n) is 2.24. The molecule has 0 aliphatic carbocycles. The number of nitrogen functional groups attached to an aromatic ring is 1. The minimum absolute atomic E-state index is 0.277. The molecule has 1 aromatic carbocycles.